The average molecular weight is 345 g/mol. The summed E-state index contributed by atoms with van der Waals surface area (Å²) in [5.41, 5.74) is 2.81. The lowest BCUT2D eigenvalue weighted by atomic mass is 10.1. The number of carbonyl (C=O) groups is 1. The molecule has 2 N–H and O–H groups in total. The van der Waals surface area contributed by atoms with Crippen molar-refractivity contribution in [3.8, 4) is 0 Å². The maximum absolute atomic E-state index is 12.2. The van der Waals surface area contributed by atoms with Crippen LogP contribution < -0.4 is 10.6 Å². The van der Waals surface area contributed by atoms with Crippen LogP contribution in [0.1, 0.15) is 30.2 Å². The Morgan fingerprint density at radius 1 is 1.36 bits per heavy atom. The maximum Gasteiger partial charge on any atom is 0.319 e. The number of aryl methyl sites for hydroxylation is 1. The number of carbonyl (C=O) groups excluding carboxylic acids is 1. The lowest BCUT2D eigenvalue weighted by molar-refractivity contribution is 0.119. The standard InChI is InChI=1S/C18H27N5O2/c1-13(25-5)14-7-6-8-16(9-14)21-18(24)19-11-17(22(2)3)15-10-20-23(4)12-15/h6-10,12-13,17H,11H2,1-5H3,(H2,19,21,24). The molecule has 0 aliphatic rings. The fraction of sp³-hybridized carbons (Fsp3) is 0.444. The predicted molar refractivity (Wildman–Crippen MR) is 98.5 cm³/mol. The van der Waals surface area contributed by atoms with Gasteiger partial charge in [0.05, 0.1) is 18.3 Å². The first-order valence-electron chi connectivity index (χ1n) is 8.23. The highest BCUT2D eigenvalue weighted by molar-refractivity contribution is 5.89. The van der Waals surface area contributed by atoms with Crippen molar-refractivity contribution < 1.29 is 9.53 Å². The van der Waals surface area contributed by atoms with E-state index < -0.39 is 0 Å². The molecule has 1 aromatic carbocycles. The number of urea groups is 1. The van der Waals surface area contributed by atoms with Crippen molar-refractivity contribution in [3.05, 3.63) is 47.8 Å². The molecule has 0 saturated heterocycles. The van der Waals surface area contributed by atoms with Crippen LogP contribution in [0, 0.1) is 0 Å². The first-order chi connectivity index (χ1) is 11.9. The van der Waals surface area contributed by atoms with Crippen molar-refractivity contribution in [2.24, 2.45) is 7.05 Å². The van der Waals surface area contributed by atoms with E-state index in [1.807, 2.05) is 64.7 Å². The summed E-state index contributed by atoms with van der Waals surface area (Å²) in [5, 5.41) is 9.99. The molecule has 136 valence electrons. The average Bonchev–Trinajstić information content (AvgIpc) is 3.00. The molecule has 2 atom stereocenters. The van der Waals surface area contributed by atoms with Crippen LogP contribution in [0.4, 0.5) is 10.5 Å². The fourth-order valence-corrected chi connectivity index (χ4v) is 2.58. The Kier molecular flexibility index (Phi) is 6.55. The zero-order valence-corrected chi connectivity index (χ0v) is 15.5. The Morgan fingerprint density at radius 2 is 2.12 bits per heavy atom. The van der Waals surface area contributed by atoms with E-state index in [9.17, 15) is 4.79 Å². The number of nitrogens with zero attached hydrogens (tertiary/aromatic N) is 3. The summed E-state index contributed by atoms with van der Waals surface area (Å²) < 4.78 is 7.07. The minimum Gasteiger partial charge on any atom is -0.377 e. The van der Waals surface area contributed by atoms with Gasteiger partial charge in [-0.3, -0.25) is 4.68 Å². The summed E-state index contributed by atoms with van der Waals surface area (Å²) >= 11 is 0. The number of benzene rings is 1. The number of hydrogen-bond acceptors (Lipinski definition) is 4. The Morgan fingerprint density at radius 3 is 2.72 bits per heavy atom. The van der Waals surface area contributed by atoms with Gasteiger partial charge < -0.3 is 20.3 Å². The van der Waals surface area contributed by atoms with E-state index in [1.54, 1.807) is 11.8 Å². The Bertz CT molecular complexity index is 698. The topological polar surface area (TPSA) is 71.4 Å². The summed E-state index contributed by atoms with van der Waals surface area (Å²) in [6.45, 7) is 2.45. The van der Waals surface area contributed by atoms with E-state index in [1.165, 1.54) is 0 Å². The summed E-state index contributed by atoms with van der Waals surface area (Å²) in [4.78, 5) is 14.3. The van der Waals surface area contributed by atoms with Crippen LogP contribution in [-0.2, 0) is 11.8 Å². The first-order valence-corrected chi connectivity index (χ1v) is 8.23. The van der Waals surface area contributed by atoms with E-state index >= 15 is 0 Å². The molecule has 7 nitrogen and oxygen atoms in total. The molecule has 2 aromatic rings. The monoisotopic (exact) mass is 345 g/mol. The van der Waals surface area contributed by atoms with Crippen molar-refractivity contribution in [2.45, 2.75) is 19.1 Å². The molecule has 0 radical (unpaired) electrons. The molecule has 1 heterocycles. The molecule has 25 heavy (non-hydrogen) atoms. The molecule has 0 aliphatic heterocycles. The molecule has 0 fully saturated rings. The van der Waals surface area contributed by atoms with E-state index in [-0.39, 0.29) is 18.2 Å². The van der Waals surface area contributed by atoms with Crippen LogP contribution in [-0.4, -0.2) is 48.5 Å². The lowest BCUT2D eigenvalue weighted by Gasteiger charge is -2.23. The first kappa shape index (κ1) is 19.0. The Hall–Kier alpha value is -2.38. The van der Waals surface area contributed by atoms with Gasteiger partial charge >= 0.3 is 6.03 Å². The summed E-state index contributed by atoms with van der Waals surface area (Å²) in [7, 11) is 7.50. The normalized spacial score (nSPS) is 13.5. The molecule has 0 saturated carbocycles. The van der Waals surface area contributed by atoms with Gasteiger partial charge in [-0.1, -0.05) is 12.1 Å². The quantitative estimate of drug-likeness (QED) is 0.809. The molecule has 2 unspecified atom stereocenters. The van der Waals surface area contributed by atoms with Crippen LogP contribution in [0.2, 0.25) is 0 Å². The molecule has 0 aliphatic carbocycles. The van der Waals surface area contributed by atoms with Crippen LogP contribution >= 0.6 is 0 Å². The smallest absolute Gasteiger partial charge is 0.319 e. The van der Waals surface area contributed by atoms with Crippen LogP contribution in [0.15, 0.2) is 36.7 Å². The third-order valence-electron chi connectivity index (χ3n) is 4.16. The second kappa shape index (κ2) is 8.64. The highest BCUT2D eigenvalue weighted by Gasteiger charge is 2.17. The Balaban J connectivity index is 1.95. The number of methoxy groups -OCH3 is 1. The molecular formula is C18H27N5O2. The minimum atomic E-state index is -0.238. The van der Waals surface area contributed by atoms with Gasteiger partial charge in [0.15, 0.2) is 0 Å². The lowest BCUT2D eigenvalue weighted by Crippen LogP contribution is -2.36. The number of anilines is 1. The van der Waals surface area contributed by atoms with Crippen LogP contribution in [0.3, 0.4) is 0 Å². The zero-order valence-electron chi connectivity index (χ0n) is 15.5. The van der Waals surface area contributed by atoms with E-state index in [0.717, 1.165) is 16.8 Å². The van der Waals surface area contributed by atoms with Crippen LogP contribution in [0.25, 0.3) is 0 Å². The van der Waals surface area contributed by atoms with Crippen molar-refractivity contribution in [1.29, 1.82) is 0 Å². The molecule has 0 bridgehead atoms. The van der Waals surface area contributed by atoms with Crippen molar-refractivity contribution in [2.75, 3.05) is 33.1 Å². The largest absolute Gasteiger partial charge is 0.377 e. The summed E-state index contributed by atoms with van der Waals surface area (Å²) in [5.74, 6) is 0. The number of aromatic nitrogens is 2. The fourth-order valence-electron chi connectivity index (χ4n) is 2.58. The molecule has 7 heteroatoms. The van der Waals surface area contributed by atoms with Gasteiger partial charge in [-0.05, 0) is 38.7 Å². The van der Waals surface area contributed by atoms with Gasteiger partial charge in [0.25, 0.3) is 0 Å². The molecule has 1 aromatic heterocycles. The van der Waals surface area contributed by atoms with Gasteiger partial charge in [-0.15, -0.1) is 0 Å². The van der Waals surface area contributed by atoms with Gasteiger partial charge in [-0.25, -0.2) is 4.79 Å². The molecular weight excluding hydrogens is 318 g/mol. The number of ether oxygens (including phenoxy) is 1. The molecule has 0 spiro atoms. The number of likely N-dealkylation sites (N-methyl/N-ethyl adjacent to an activating group) is 1. The third-order valence-corrected chi connectivity index (χ3v) is 4.16. The highest BCUT2D eigenvalue weighted by atomic mass is 16.5. The zero-order chi connectivity index (χ0) is 18.4. The molecule has 2 amide bonds. The number of hydrogen-bond donors (Lipinski definition) is 2. The second-order valence-electron chi connectivity index (χ2n) is 6.27. The van der Waals surface area contributed by atoms with Crippen molar-refractivity contribution in [3.63, 3.8) is 0 Å². The Labute approximate surface area is 149 Å². The van der Waals surface area contributed by atoms with Crippen LogP contribution in [0.5, 0.6) is 0 Å². The minimum absolute atomic E-state index is 0.0199. The number of rotatable bonds is 7. The number of nitrogens with one attached hydrogen (secondary N) is 2. The maximum atomic E-state index is 12.2. The highest BCUT2D eigenvalue weighted by Crippen LogP contribution is 2.20. The predicted octanol–water partition coefficient (Wildman–Crippen LogP) is 2.55. The molecule has 2 rings (SSSR count). The van der Waals surface area contributed by atoms with Gasteiger partial charge in [0.1, 0.15) is 0 Å². The van der Waals surface area contributed by atoms with Crippen molar-refractivity contribution >= 4 is 11.7 Å². The summed E-state index contributed by atoms with van der Waals surface area (Å²) in [6, 6.07) is 7.46. The van der Waals surface area contributed by atoms with E-state index in [2.05, 4.69) is 20.6 Å². The van der Waals surface area contributed by atoms with Gasteiger partial charge in [0, 0.05) is 38.1 Å². The van der Waals surface area contributed by atoms with E-state index in [0.29, 0.717) is 6.54 Å². The summed E-state index contributed by atoms with van der Waals surface area (Å²) in [6.07, 6.45) is 3.76. The van der Waals surface area contributed by atoms with Gasteiger partial charge in [0.2, 0.25) is 0 Å². The van der Waals surface area contributed by atoms with Gasteiger partial charge in [-0.2, -0.15) is 5.10 Å². The number of amides is 2. The second-order valence-corrected chi connectivity index (χ2v) is 6.27. The SMILES string of the molecule is COC(C)c1cccc(NC(=O)NCC(c2cnn(C)c2)N(C)C)c1. The third kappa shape index (κ3) is 5.30. The van der Waals surface area contributed by atoms with E-state index in [4.69, 9.17) is 4.74 Å². The van der Waals surface area contributed by atoms with Crippen molar-refractivity contribution in [1.82, 2.24) is 20.0 Å².